The van der Waals surface area contributed by atoms with Crippen LogP contribution in [0.3, 0.4) is 0 Å². The number of hydrazine groups is 1. The minimum absolute atomic E-state index is 0.0342. The van der Waals surface area contributed by atoms with Crippen LogP contribution in [0.5, 0.6) is 5.75 Å². The monoisotopic (exact) mass is 461 g/mol. The number of nitrogens with one attached hydrogen (secondary N) is 1. The normalized spacial score (nSPS) is 26.4. The molecule has 34 heavy (non-hydrogen) atoms. The largest absolute Gasteiger partial charge is 0.497 e. The van der Waals surface area contributed by atoms with Crippen molar-refractivity contribution >= 4 is 17.5 Å². The molecule has 2 fully saturated rings. The first kappa shape index (κ1) is 22.6. The van der Waals surface area contributed by atoms with Gasteiger partial charge in [0, 0.05) is 11.7 Å². The molecule has 4 unspecified atom stereocenters. The predicted molar refractivity (Wildman–Crippen MR) is 129 cm³/mol. The first-order chi connectivity index (χ1) is 16.6. The van der Waals surface area contributed by atoms with Gasteiger partial charge in [-0.2, -0.15) is 0 Å². The third kappa shape index (κ3) is 4.10. The zero-order valence-corrected chi connectivity index (χ0v) is 19.3. The number of amides is 2. The van der Waals surface area contributed by atoms with Crippen molar-refractivity contribution in [1.82, 2.24) is 9.91 Å². The summed E-state index contributed by atoms with van der Waals surface area (Å²) in [5, 5.41) is 13.1. The molecule has 2 heterocycles. The van der Waals surface area contributed by atoms with E-state index in [0.29, 0.717) is 0 Å². The van der Waals surface area contributed by atoms with Crippen LogP contribution in [0.25, 0.3) is 0 Å². The number of nitrogens with zero attached hydrogens (tertiary/aromatic N) is 2. The maximum absolute atomic E-state index is 13.7. The van der Waals surface area contributed by atoms with Gasteiger partial charge in [-0.15, -0.1) is 0 Å². The topological polar surface area (TPSA) is 82.1 Å². The summed E-state index contributed by atoms with van der Waals surface area (Å²) >= 11 is 0. The smallest absolute Gasteiger partial charge is 0.249 e. The number of carbonyl (C=O) groups is 2. The van der Waals surface area contributed by atoms with Gasteiger partial charge in [0.25, 0.3) is 0 Å². The van der Waals surface area contributed by atoms with Crippen molar-refractivity contribution in [2.75, 3.05) is 12.5 Å². The molecule has 7 heteroatoms. The highest BCUT2D eigenvalue weighted by Crippen LogP contribution is 2.38. The molecule has 1 saturated carbocycles. The van der Waals surface area contributed by atoms with Gasteiger partial charge in [0.15, 0.2) is 0 Å². The standard InChI is InChI=1S/C27H31N3O4/c1-34-21-14-12-19(13-15-21)28-30-23(25(31)18-8-4-2-5-9-18)17-16-22-24(30)27(33)29(26(22)32)20-10-6-3-7-11-20/h2,4-5,8-9,12-17,20,22-25,28,31H,3,6-7,10-11H2,1H3. The second kappa shape index (κ2) is 9.60. The quantitative estimate of drug-likeness (QED) is 0.505. The summed E-state index contributed by atoms with van der Waals surface area (Å²) in [7, 11) is 1.61. The zero-order valence-electron chi connectivity index (χ0n) is 19.3. The number of likely N-dealkylation sites (tertiary alicyclic amines) is 1. The van der Waals surface area contributed by atoms with Gasteiger partial charge in [-0.3, -0.25) is 14.5 Å². The number of ether oxygens (including phenoxy) is 1. The van der Waals surface area contributed by atoms with Crippen molar-refractivity contribution in [3.05, 3.63) is 72.3 Å². The van der Waals surface area contributed by atoms with Gasteiger partial charge < -0.3 is 15.3 Å². The number of imide groups is 1. The van der Waals surface area contributed by atoms with E-state index in [9.17, 15) is 14.7 Å². The highest BCUT2D eigenvalue weighted by Gasteiger charge is 2.55. The second-order valence-electron chi connectivity index (χ2n) is 9.29. The number of hydrogen-bond acceptors (Lipinski definition) is 6. The lowest BCUT2D eigenvalue weighted by Gasteiger charge is -2.41. The molecule has 2 amide bonds. The first-order valence-electron chi connectivity index (χ1n) is 12.1. The fraction of sp³-hybridized carbons (Fsp3) is 0.407. The molecule has 4 atom stereocenters. The van der Waals surface area contributed by atoms with Gasteiger partial charge in [-0.05, 0) is 42.7 Å². The fourth-order valence-corrected chi connectivity index (χ4v) is 5.45. The fourth-order valence-electron chi connectivity index (χ4n) is 5.45. The minimum Gasteiger partial charge on any atom is -0.497 e. The number of aliphatic hydroxyl groups is 1. The Hall–Kier alpha value is -3.16. The van der Waals surface area contributed by atoms with Gasteiger partial charge >= 0.3 is 0 Å². The van der Waals surface area contributed by atoms with Crippen LogP contribution < -0.4 is 10.2 Å². The molecular weight excluding hydrogens is 430 g/mol. The summed E-state index contributed by atoms with van der Waals surface area (Å²) in [4.78, 5) is 28.7. The van der Waals surface area contributed by atoms with E-state index in [0.717, 1.165) is 49.1 Å². The second-order valence-corrected chi connectivity index (χ2v) is 9.29. The Kier molecular flexibility index (Phi) is 6.39. The van der Waals surface area contributed by atoms with Crippen molar-refractivity contribution in [3.8, 4) is 5.75 Å². The first-order valence-corrected chi connectivity index (χ1v) is 12.1. The van der Waals surface area contributed by atoms with E-state index >= 15 is 0 Å². The Morgan fingerprint density at radius 1 is 0.941 bits per heavy atom. The average molecular weight is 462 g/mol. The predicted octanol–water partition coefficient (Wildman–Crippen LogP) is 3.68. The lowest BCUT2D eigenvalue weighted by Crippen LogP contribution is -2.56. The van der Waals surface area contributed by atoms with Gasteiger partial charge in [0.05, 0.1) is 25.2 Å². The van der Waals surface area contributed by atoms with Crippen LogP contribution in [0.1, 0.15) is 43.8 Å². The molecule has 0 bridgehead atoms. The molecule has 2 aromatic rings. The third-order valence-corrected chi connectivity index (χ3v) is 7.24. The molecule has 1 aliphatic carbocycles. The zero-order chi connectivity index (χ0) is 23.7. The Labute approximate surface area is 200 Å². The minimum atomic E-state index is -0.879. The van der Waals surface area contributed by atoms with E-state index in [1.807, 2.05) is 66.7 Å². The number of fused-ring (bicyclic) bond motifs is 1. The molecule has 7 nitrogen and oxygen atoms in total. The summed E-state index contributed by atoms with van der Waals surface area (Å²) in [6.45, 7) is 0. The summed E-state index contributed by atoms with van der Waals surface area (Å²) in [5.41, 5.74) is 4.84. The molecule has 0 spiro atoms. The molecule has 2 aromatic carbocycles. The van der Waals surface area contributed by atoms with Gasteiger partial charge in [0.1, 0.15) is 11.8 Å². The number of hydrogen-bond donors (Lipinski definition) is 2. The van der Waals surface area contributed by atoms with Crippen LogP contribution in [-0.4, -0.2) is 52.1 Å². The van der Waals surface area contributed by atoms with E-state index < -0.39 is 24.1 Å². The van der Waals surface area contributed by atoms with Crippen LogP contribution in [0.2, 0.25) is 0 Å². The SMILES string of the molecule is COc1ccc(NN2C(C(O)c3ccccc3)C=CC3C(=O)N(C4CCCCC4)C(=O)C32)cc1. The number of carbonyl (C=O) groups excluding carboxylic acids is 2. The molecule has 5 rings (SSSR count). The molecule has 1 saturated heterocycles. The molecule has 2 aliphatic heterocycles. The van der Waals surface area contributed by atoms with Crippen LogP contribution >= 0.6 is 0 Å². The average Bonchev–Trinajstić information content (AvgIpc) is 3.15. The number of methoxy groups -OCH3 is 1. The van der Waals surface area contributed by atoms with E-state index in [4.69, 9.17) is 4.74 Å². The lowest BCUT2D eigenvalue weighted by atomic mass is 9.90. The molecule has 0 radical (unpaired) electrons. The number of benzene rings is 2. The van der Waals surface area contributed by atoms with Gasteiger partial charge in [-0.1, -0.05) is 61.7 Å². The number of rotatable bonds is 6. The van der Waals surface area contributed by atoms with Crippen LogP contribution in [0.15, 0.2) is 66.7 Å². The van der Waals surface area contributed by atoms with Crippen LogP contribution in [0, 0.1) is 5.92 Å². The molecular formula is C27H31N3O4. The Balaban J connectivity index is 1.49. The summed E-state index contributed by atoms with van der Waals surface area (Å²) in [5.74, 6) is -0.164. The van der Waals surface area contributed by atoms with Crippen molar-refractivity contribution < 1.29 is 19.4 Å². The van der Waals surface area contributed by atoms with Crippen LogP contribution in [0.4, 0.5) is 5.69 Å². The van der Waals surface area contributed by atoms with E-state index in [1.54, 1.807) is 12.1 Å². The van der Waals surface area contributed by atoms with Crippen LogP contribution in [-0.2, 0) is 9.59 Å². The number of aliphatic hydroxyl groups excluding tert-OH is 1. The van der Waals surface area contributed by atoms with Gasteiger partial charge in [0.2, 0.25) is 11.8 Å². The maximum Gasteiger partial charge on any atom is 0.249 e. The lowest BCUT2D eigenvalue weighted by molar-refractivity contribution is -0.143. The Morgan fingerprint density at radius 3 is 2.32 bits per heavy atom. The van der Waals surface area contributed by atoms with Crippen molar-refractivity contribution in [2.24, 2.45) is 5.92 Å². The molecule has 0 aromatic heterocycles. The van der Waals surface area contributed by atoms with Crippen molar-refractivity contribution in [1.29, 1.82) is 0 Å². The van der Waals surface area contributed by atoms with E-state index in [-0.39, 0.29) is 17.9 Å². The van der Waals surface area contributed by atoms with Crippen molar-refractivity contribution in [2.45, 2.75) is 56.3 Å². The highest BCUT2D eigenvalue weighted by molar-refractivity contribution is 6.08. The third-order valence-electron chi connectivity index (χ3n) is 7.24. The molecule has 2 N–H and O–H groups in total. The Bertz CT molecular complexity index is 1050. The van der Waals surface area contributed by atoms with Crippen molar-refractivity contribution in [3.63, 3.8) is 0 Å². The summed E-state index contributed by atoms with van der Waals surface area (Å²) in [6, 6.07) is 15.5. The summed E-state index contributed by atoms with van der Waals surface area (Å²) < 4.78 is 5.26. The highest BCUT2D eigenvalue weighted by atomic mass is 16.5. The Morgan fingerprint density at radius 2 is 1.65 bits per heavy atom. The van der Waals surface area contributed by atoms with E-state index in [1.165, 1.54) is 4.90 Å². The van der Waals surface area contributed by atoms with Gasteiger partial charge in [-0.25, -0.2) is 5.01 Å². The maximum atomic E-state index is 13.7. The summed E-state index contributed by atoms with van der Waals surface area (Å²) in [6.07, 6.45) is 7.74. The molecule has 178 valence electrons. The molecule has 3 aliphatic rings. The number of anilines is 1. The van der Waals surface area contributed by atoms with E-state index in [2.05, 4.69) is 5.43 Å².